The van der Waals surface area contributed by atoms with Gasteiger partial charge in [-0.2, -0.15) is 8.42 Å². The van der Waals surface area contributed by atoms with Crippen LogP contribution in [0.15, 0.2) is 23.0 Å². The highest BCUT2D eigenvalue weighted by Crippen LogP contribution is 2.63. The van der Waals surface area contributed by atoms with Gasteiger partial charge < -0.3 is 0 Å². The molecule has 1 rings (SSSR count). The summed E-state index contributed by atoms with van der Waals surface area (Å²) in [7, 11) is -1.19. The van der Waals surface area contributed by atoms with Crippen molar-refractivity contribution < 1.29 is 13.0 Å². The Bertz CT molecular complexity index is 278. The lowest BCUT2D eigenvalue weighted by molar-refractivity contribution is 0.502. The standard InChI is InChI=1S/C4H5ClO3S2/c5-9(10(6,7)8)3-1-2-4-9/h1-4H,(H,6,7,8). The van der Waals surface area contributed by atoms with Crippen LogP contribution in [0.2, 0.25) is 0 Å². The molecule has 0 atom stereocenters. The van der Waals surface area contributed by atoms with Gasteiger partial charge in [0.2, 0.25) is 0 Å². The maximum atomic E-state index is 10.5. The Morgan fingerprint density at radius 2 is 1.70 bits per heavy atom. The molecule has 0 aromatic heterocycles. The minimum atomic E-state index is -4.13. The lowest BCUT2D eigenvalue weighted by atomic mass is 10.6. The van der Waals surface area contributed by atoms with E-state index in [1.807, 2.05) is 0 Å². The molecule has 3 nitrogen and oxygen atoms in total. The predicted molar refractivity (Wildman–Crippen MR) is 43.3 cm³/mol. The number of rotatable bonds is 1. The molecule has 0 amide bonds. The Hall–Kier alpha value is 0.0300. The fourth-order valence-electron chi connectivity index (χ4n) is 0.491. The summed E-state index contributed by atoms with van der Waals surface area (Å²) >= 11 is 0. The zero-order chi connectivity index (χ0) is 7.83. The van der Waals surface area contributed by atoms with E-state index in [4.69, 9.17) is 15.2 Å². The second kappa shape index (κ2) is 2.27. The third-order valence-corrected chi connectivity index (χ3v) is 7.32. The topological polar surface area (TPSA) is 54.4 Å². The van der Waals surface area contributed by atoms with Crippen molar-refractivity contribution in [2.75, 3.05) is 0 Å². The molecular weight excluding hydrogens is 196 g/mol. The van der Waals surface area contributed by atoms with Gasteiger partial charge in [-0.25, -0.2) is 0 Å². The molecule has 0 bridgehead atoms. The molecule has 58 valence electrons. The Balaban J connectivity index is 3.14. The van der Waals surface area contributed by atoms with Gasteiger partial charge in [-0.15, -0.1) is 0 Å². The van der Waals surface area contributed by atoms with E-state index in [0.29, 0.717) is 0 Å². The van der Waals surface area contributed by atoms with Crippen LogP contribution in [0, 0.1) is 0 Å². The Kier molecular flexibility index (Phi) is 1.84. The van der Waals surface area contributed by atoms with Crippen molar-refractivity contribution in [3.63, 3.8) is 0 Å². The number of halogens is 1. The van der Waals surface area contributed by atoms with Crippen molar-refractivity contribution >= 4 is 28.1 Å². The van der Waals surface area contributed by atoms with Gasteiger partial charge in [-0.05, 0) is 21.5 Å². The van der Waals surface area contributed by atoms with Crippen LogP contribution in [0.5, 0.6) is 0 Å². The maximum absolute atomic E-state index is 10.5. The van der Waals surface area contributed by atoms with Gasteiger partial charge in [-0.1, -0.05) is 12.2 Å². The summed E-state index contributed by atoms with van der Waals surface area (Å²) in [4.78, 5) is 0. The zero-order valence-corrected chi connectivity index (χ0v) is 7.16. The SMILES string of the molecule is O=S(=O)(O)S1(Cl)C=CC=C1. The largest absolute Gasteiger partial charge is 0.321 e. The number of allylic oxidation sites excluding steroid dienone is 2. The van der Waals surface area contributed by atoms with Gasteiger partial charge in [0.1, 0.15) is 0 Å². The van der Waals surface area contributed by atoms with E-state index in [2.05, 4.69) is 0 Å². The van der Waals surface area contributed by atoms with Gasteiger partial charge in [0, 0.05) is 8.27 Å². The summed E-state index contributed by atoms with van der Waals surface area (Å²) < 4.78 is 29.6. The van der Waals surface area contributed by atoms with E-state index in [9.17, 15) is 8.42 Å². The first kappa shape index (κ1) is 8.13. The molecule has 1 heterocycles. The minimum Gasteiger partial charge on any atom is -0.277 e. The average molecular weight is 201 g/mol. The lowest BCUT2D eigenvalue weighted by Gasteiger charge is -2.16. The van der Waals surface area contributed by atoms with E-state index in [1.54, 1.807) is 0 Å². The molecule has 1 aliphatic rings. The van der Waals surface area contributed by atoms with Crippen LogP contribution in [0.25, 0.3) is 0 Å². The summed E-state index contributed by atoms with van der Waals surface area (Å²) in [6.07, 6.45) is 2.99. The molecule has 0 radical (unpaired) electrons. The molecule has 0 aromatic rings. The summed E-state index contributed by atoms with van der Waals surface area (Å²) in [6, 6.07) is 0. The van der Waals surface area contributed by atoms with E-state index in [-0.39, 0.29) is 0 Å². The molecule has 6 heteroatoms. The van der Waals surface area contributed by atoms with Gasteiger partial charge in [-0.3, -0.25) is 4.55 Å². The van der Waals surface area contributed by atoms with E-state index < -0.39 is 17.4 Å². The van der Waals surface area contributed by atoms with Crippen molar-refractivity contribution in [2.45, 2.75) is 0 Å². The zero-order valence-electron chi connectivity index (χ0n) is 4.77. The molecule has 1 N–H and O–H groups in total. The maximum Gasteiger partial charge on any atom is 0.321 e. The van der Waals surface area contributed by atoms with E-state index in [1.165, 1.54) is 23.0 Å². The van der Waals surface area contributed by atoms with Crippen LogP contribution in [0.3, 0.4) is 0 Å². The van der Waals surface area contributed by atoms with E-state index in [0.717, 1.165) is 0 Å². The quantitative estimate of drug-likeness (QED) is 0.519. The first-order chi connectivity index (χ1) is 4.46. The Labute approximate surface area is 64.3 Å². The molecule has 0 spiro atoms. The molecule has 0 saturated carbocycles. The van der Waals surface area contributed by atoms with Crippen molar-refractivity contribution in [3.05, 3.63) is 23.0 Å². The third-order valence-electron chi connectivity index (χ3n) is 0.962. The smallest absolute Gasteiger partial charge is 0.277 e. The van der Waals surface area contributed by atoms with Crippen LogP contribution in [-0.4, -0.2) is 13.0 Å². The molecule has 0 fully saturated rings. The van der Waals surface area contributed by atoms with E-state index >= 15 is 0 Å². The van der Waals surface area contributed by atoms with Crippen LogP contribution < -0.4 is 0 Å². The van der Waals surface area contributed by atoms with Gasteiger partial charge in [0.25, 0.3) is 0 Å². The summed E-state index contributed by atoms with van der Waals surface area (Å²) in [5.74, 6) is 0. The Morgan fingerprint density at radius 3 is 1.90 bits per heavy atom. The first-order valence-corrected chi connectivity index (χ1v) is 6.85. The lowest BCUT2D eigenvalue weighted by Crippen LogP contribution is -1.99. The van der Waals surface area contributed by atoms with Gasteiger partial charge in [0.05, 0.1) is 0 Å². The summed E-state index contributed by atoms with van der Waals surface area (Å²) in [5.41, 5.74) is 0. The predicted octanol–water partition coefficient (Wildman–Crippen LogP) is 1.79. The van der Waals surface area contributed by atoms with Crippen LogP contribution in [0.4, 0.5) is 0 Å². The second-order valence-corrected chi connectivity index (χ2v) is 9.19. The highest BCUT2D eigenvalue weighted by molar-refractivity contribution is 9.00. The molecule has 0 aliphatic carbocycles. The molecule has 10 heavy (non-hydrogen) atoms. The molecule has 0 saturated heterocycles. The molecular formula is C4H5ClO3S2. The average Bonchev–Trinajstić information content (AvgIpc) is 2.13. The highest BCUT2D eigenvalue weighted by Gasteiger charge is 2.31. The fraction of sp³-hybridized carbons (Fsp3) is 0. The second-order valence-electron chi connectivity index (χ2n) is 1.65. The fourth-order valence-corrected chi connectivity index (χ4v) is 3.06. The summed E-state index contributed by atoms with van der Waals surface area (Å²) in [5, 5.41) is 2.56. The van der Waals surface area contributed by atoms with Crippen LogP contribution >= 0.6 is 19.0 Å². The number of hydrogen-bond acceptors (Lipinski definition) is 2. The van der Waals surface area contributed by atoms with Crippen molar-refractivity contribution in [2.24, 2.45) is 0 Å². The highest BCUT2D eigenvalue weighted by atomic mass is 35.8. The summed E-state index contributed by atoms with van der Waals surface area (Å²) in [6.45, 7) is 0. The van der Waals surface area contributed by atoms with Crippen LogP contribution in [0.1, 0.15) is 0 Å². The normalized spacial score (nSPS) is 25.0. The van der Waals surface area contributed by atoms with Gasteiger partial charge >= 0.3 is 9.15 Å². The minimum absolute atomic E-state index is 1.28. The van der Waals surface area contributed by atoms with Crippen molar-refractivity contribution in [3.8, 4) is 0 Å². The number of hydrogen-bond donors (Lipinski definition) is 1. The monoisotopic (exact) mass is 200 g/mol. The first-order valence-electron chi connectivity index (χ1n) is 2.31. The van der Waals surface area contributed by atoms with Crippen molar-refractivity contribution in [1.29, 1.82) is 0 Å². The molecule has 1 aliphatic heterocycles. The molecule has 0 aromatic carbocycles. The Morgan fingerprint density at radius 1 is 1.30 bits per heavy atom. The molecule has 0 unspecified atom stereocenters. The van der Waals surface area contributed by atoms with Gasteiger partial charge in [0.15, 0.2) is 0 Å². The van der Waals surface area contributed by atoms with Crippen LogP contribution in [-0.2, 0) is 9.15 Å². The third kappa shape index (κ3) is 1.22. The van der Waals surface area contributed by atoms with Crippen molar-refractivity contribution in [1.82, 2.24) is 0 Å².